The average molecular weight is 327 g/mol. The van der Waals surface area contributed by atoms with E-state index in [1.54, 1.807) is 0 Å². The van der Waals surface area contributed by atoms with Crippen LogP contribution >= 0.6 is 0 Å². The maximum Gasteiger partial charge on any atom is 0.536 e. The lowest BCUT2D eigenvalue weighted by Gasteiger charge is -2.38. The summed E-state index contributed by atoms with van der Waals surface area (Å²) in [4.78, 5) is 0. The Morgan fingerprint density at radius 1 is 0.864 bits per heavy atom. The molecule has 0 aliphatic carbocycles. The van der Waals surface area contributed by atoms with Crippen molar-refractivity contribution in [3.05, 3.63) is 35.9 Å². The SMILES string of the molecule is CCO[Si](OCC)(OCC)C(OC(C)(C)C)c1ccccc1. The van der Waals surface area contributed by atoms with E-state index in [9.17, 15) is 0 Å². The van der Waals surface area contributed by atoms with E-state index in [0.717, 1.165) is 5.56 Å². The van der Waals surface area contributed by atoms with E-state index in [1.165, 1.54) is 0 Å². The zero-order chi connectivity index (χ0) is 16.6. The molecule has 0 spiro atoms. The van der Waals surface area contributed by atoms with Crippen molar-refractivity contribution >= 4 is 8.80 Å². The molecule has 1 atom stereocenters. The summed E-state index contributed by atoms with van der Waals surface area (Å²) in [7, 11) is -3.00. The summed E-state index contributed by atoms with van der Waals surface area (Å²) in [5.41, 5.74) is 0.359. The molecular formula is C17H30O4Si. The van der Waals surface area contributed by atoms with Crippen molar-refractivity contribution in [1.29, 1.82) is 0 Å². The van der Waals surface area contributed by atoms with Gasteiger partial charge < -0.3 is 18.0 Å². The Balaban J connectivity index is 3.28. The molecule has 0 N–H and O–H groups in total. The van der Waals surface area contributed by atoms with Crippen LogP contribution in [-0.4, -0.2) is 34.2 Å². The Labute approximate surface area is 136 Å². The van der Waals surface area contributed by atoms with E-state index in [4.69, 9.17) is 18.0 Å². The minimum atomic E-state index is -3.00. The molecule has 4 nitrogen and oxygen atoms in total. The minimum absolute atomic E-state index is 0.329. The predicted molar refractivity (Wildman–Crippen MR) is 90.7 cm³/mol. The Morgan fingerprint density at radius 3 is 1.68 bits per heavy atom. The number of rotatable bonds is 9. The molecule has 0 aliphatic rings. The van der Waals surface area contributed by atoms with Crippen LogP contribution in [0.2, 0.25) is 0 Å². The molecular weight excluding hydrogens is 296 g/mol. The first-order valence-electron chi connectivity index (χ1n) is 8.03. The summed E-state index contributed by atoms with van der Waals surface area (Å²) in [6, 6.07) is 10.1. The molecule has 5 heteroatoms. The lowest BCUT2D eigenvalue weighted by molar-refractivity contribution is -0.0764. The van der Waals surface area contributed by atoms with Crippen molar-refractivity contribution in [2.45, 2.75) is 52.9 Å². The highest BCUT2D eigenvalue weighted by molar-refractivity contribution is 6.62. The van der Waals surface area contributed by atoms with Crippen molar-refractivity contribution in [2.75, 3.05) is 19.8 Å². The van der Waals surface area contributed by atoms with Gasteiger partial charge in [-0.15, -0.1) is 0 Å². The molecule has 0 aliphatic heterocycles. The van der Waals surface area contributed by atoms with E-state index >= 15 is 0 Å². The van der Waals surface area contributed by atoms with Gasteiger partial charge in [-0.25, -0.2) is 0 Å². The first-order valence-corrected chi connectivity index (χ1v) is 9.83. The quantitative estimate of drug-likeness (QED) is 0.639. The van der Waals surface area contributed by atoms with Crippen LogP contribution in [0.15, 0.2) is 30.3 Å². The van der Waals surface area contributed by atoms with Gasteiger partial charge in [-0.1, -0.05) is 30.3 Å². The number of hydrogen-bond donors (Lipinski definition) is 0. The fraction of sp³-hybridized carbons (Fsp3) is 0.647. The zero-order valence-electron chi connectivity index (χ0n) is 14.7. The number of benzene rings is 1. The smallest absolute Gasteiger partial charge is 0.372 e. The largest absolute Gasteiger partial charge is 0.536 e. The second kappa shape index (κ2) is 8.79. The number of hydrogen-bond acceptors (Lipinski definition) is 4. The van der Waals surface area contributed by atoms with Crippen LogP contribution in [0.25, 0.3) is 0 Å². The van der Waals surface area contributed by atoms with Gasteiger partial charge >= 0.3 is 8.80 Å². The normalized spacial score (nSPS) is 14.1. The van der Waals surface area contributed by atoms with Crippen LogP contribution in [0.3, 0.4) is 0 Å². The Bertz CT molecular complexity index is 399. The molecule has 0 radical (unpaired) electrons. The third kappa shape index (κ3) is 5.48. The molecule has 1 aromatic rings. The van der Waals surface area contributed by atoms with Crippen LogP contribution in [0.1, 0.15) is 52.8 Å². The molecule has 0 aromatic heterocycles. The fourth-order valence-electron chi connectivity index (χ4n) is 2.28. The van der Waals surface area contributed by atoms with E-state index in [-0.39, 0.29) is 11.3 Å². The van der Waals surface area contributed by atoms with Gasteiger partial charge in [0.05, 0.1) is 5.60 Å². The average Bonchev–Trinajstić information content (AvgIpc) is 2.45. The van der Waals surface area contributed by atoms with Crippen molar-refractivity contribution in [1.82, 2.24) is 0 Å². The van der Waals surface area contributed by atoms with Crippen LogP contribution in [0.4, 0.5) is 0 Å². The lowest BCUT2D eigenvalue weighted by Crippen LogP contribution is -2.54. The van der Waals surface area contributed by atoms with Crippen molar-refractivity contribution in [3.8, 4) is 0 Å². The Morgan fingerprint density at radius 2 is 1.32 bits per heavy atom. The molecule has 0 fully saturated rings. The van der Waals surface area contributed by atoms with Crippen molar-refractivity contribution < 1.29 is 18.0 Å². The summed E-state index contributed by atoms with van der Waals surface area (Å²) >= 11 is 0. The second-order valence-electron chi connectivity index (χ2n) is 5.92. The molecule has 0 saturated heterocycles. The molecule has 0 amide bonds. The van der Waals surface area contributed by atoms with Gasteiger partial charge in [-0.3, -0.25) is 0 Å². The Hall–Kier alpha value is -0.723. The third-order valence-corrected chi connectivity index (χ3v) is 6.10. The van der Waals surface area contributed by atoms with E-state index in [0.29, 0.717) is 19.8 Å². The molecule has 0 heterocycles. The van der Waals surface area contributed by atoms with Crippen LogP contribution in [0, 0.1) is 0 Å². The lowest BCUT2D eigenvalue weighted by atomic mass is 10.2. The monoisotopic (exact) mass is 326 g/mol. The predicted octanol–water partition coefficient (Wildman–Crippen LogP) is 4.13. The Kier molecular flexibility index (Phi) is 7.72. The summed E-state index contributed by atoms with van der Waals surface area (Å²) in [6.07, 6.45) is 0. The molecule has 1 rings (SSSR count). The maximum absolute atomic E-state index is 6.33. The summed E-state index contributed by atoms with van der Waals surface area (Å²) < 4.78 is 24.5. The maximum atomic E-state index is 6.33. The molecule has 0 saturated carbocycles. The standard InChI is InChI=1S/C17H30O4Si/c1-7-18-22(19-8-2,20-9-3)16(21-17(4,5)6)15-13-11-10-12-14-15/h10-14,16H,7-9H2,1-6H3. The summed E-state index contributed by atoms with van der Waals surface area (Å²) in [6.45, 7) is 13.6. The van der Waals surface area contributed by atoms with Gasteiger partial charge in [0.1, 0.15) is 0 Å². The summed E-state index contributed by atoms with van der Waals surface area (Å²) in [5.74, 6) is 0. The van der Waals surface area contributed by atoms with E-state index < -0.39 is 8.80 Å². The van der Waals surface area contributed by atoms with Crippen LogP contribution < -0.4 is 0 Å². The van der Waals surface area contributed by atoms with Gasteiger partial charge in [0.25, 0.3) is 0 Å². The second-order valence-corrected chi connectivity index (χ2v) is 8.52. The molecule has 1 unspecified atom stereocenters. The van der Waals surface area contributed by atoms with Crippen molar-refractivity contribution in [3.63, 3.8) is 0 Å². The molecule has 0 bridgehead atoms. The first-order chi connectivity index (χ1) is 10.4. The topological polar surface area (TPSA) is 36.9 Å². The number of ether oxygens (including phenoxy) is 1. The highest BCUT2D eigenvalue weighted by atomic mass is 28.4. The zero-order valence-corrected chi connectivity index (χ0v) is 15.7. The van der Waals surface area contributed by atoms with Gasteiger partial charge in [0.15, 0.2) is 5.73 Å². The molecule has 22 heavy (non-hydrogen) atoms. The van der Waals surface area contributed by atoms with Crippen LogP contribution in [0.5, 0.6) is 0 Å². The highest BCUT2D eigenvalue weighted by Crippen LogP contribution is 2.34. The van der Waals surface area contributed by atoms with Gasteiger partial charge in [-0.2, -0.15) is 0 Å². The van der Waals surface area contributed by atoms with E-state index in [1.807, 2.05) is 71.9 Å². The van der Waals surface area contributed by atoms with Gasteiger partial charge in [0, 0.05) is 19.8 Å². The van der Waals surface area contributed by atoms with E-state index in [2.05, 4.69) is 0 Å². The minimum Gasteiger partial charge on any atom is -0.372 e. The van der Waals surface area contributed by atoms with Crippen molar-refractivity contribution in [2.24, 2.45) is 0 Å². The highest BCUT2D eigenvalue weighted by Gasteiger charge is 2.52. The van der Waals surface area contributed by atoms with Gasteiger partial charge in [-0.05, 0) is 47.1 Å². The molecule has 126 valence electrons. The molecule has 1 aromatic carbocycles. The fourth-order valence-corrected chi connectivity index (χ4v) is 5.29. The summed E-state index contributed by atoms with van der Waals surface area (Å²) in [5, 5.41) is 0. The van der Waals surface area contributed by atoms with Crippen LogP contribution in [-0.2, 0) is 18.0 Å². The first kappa shape index (κ1) is 19.3. The third-order valence-electron chi connectivity index (χ3n) is 2.93. The van der Waals surface area contributed by atoms with Gasteiger partial charge in [0.2, 0.25) is 0 Å².